The van der Waals surface area contributed by atoms with Gasteiger partial charge >= 0.3 is 0 Å². The van der Waals surface area contributed by atoms with Crippen LogP contribution in [-0.2, 0) is 4.79 Å². The molecule has 1 nitrogen and oxygen atoms in total. The quantitative estimate of drug-likeness (QED) is 0.521. The molecule has 0 bridgehead atoms. The Morgan fingerprint density at radius 2 is 2.00 bits per heavy atom. The van der Waals surface area contributed by atoms with E-state index in [2.05, 4.69) is 13.8 Å². The van der Waals surface area contributed by atoms with Crippen LogP contribution in [0.4, 0.5) is 0 Å². The first kappa shape index (κ1) is 8.98. The number of carbonyl (C=O) groups excluding carboxylic acids is 1. The molecule has 2 rings (SSSR count). The minimum atomic E-state index is 0.483. The summed E-state index contributed by atoms with van der Waals surface area (Å²) < 4.78 is 0. The van der Waals surface area contributed by atoms with E-state index < -0.39 is 0 Å². The molecule has 0 aromatic carbocycles. The van der Waals surface area contributed by atoms with E-state index in [9.17, 15) is 4.79 Å². The van der Waals surface area contributed by atoms with E-state index in [1.807, 2.05) is 0 Å². The number of rotatable bonds is 0. The van der Waals surface area contributed by atoms with E-state index in [0.717, 1.165) is 25.2 Å². The lowest BCUT2D eigenvalue weighted by Gasteiger charge is -2.34. The molecular weight excluding hydrogens is 160 g/mol. The predicted molar refractivity (Wildman–Crippen MR) is 53.4 cm³/mol. The molecule has 0 saturated heterocycles. The molecule has 0 amide bonds. The second-order valence-electron chi connectivity index (χ2n) is 4.63. The summed E-state index contributed by atoms with van der Waals surface area (Å²) in [6.07, 6.45) is 5.22. The van der Waals surface area contributed by atoms with Crippen LogP contribution in [0.25, 0.3) is 0 Å². The van der Waals surface area contributed by atoms with E-state index in [1.165, 1.54) is 12.8 Å². The standard InChI is InChI=1S/C12H18O/c1-8-3-4-10-7-11(13)5-6-12(10)9(8)2/h8,10H,3-7H2,1-2H3/t8-,10+/m0/s1. The zero-order chi connectivity index (χ0) is 9.42. The first-order valence-corrected chi connectivity index (χ1v) is 5.39. The Morgan fingerprint density at radius 3 is 2.77 bits per heavy atom. The second-order valence-corrected chi connectivity index (χ2v) is 4.63. The molecule has 0 aromatic heterocycles. The van der Waals surface area contributed by atoms with Crippen molar-refractivity contribution in [1.82, 2.24) is 0 Å². The van der Waals surface area contributed by atoms with Gasteiger partial charge in [0.25, 0.3) is 0 Å². The molecule has 0 spiro atoms. The fraction of sp³-hybridized carbons (Fsp3) is 0.750. The Labute approximate surface area is 80.2 Å². The van der Waals surface area contributed by atoms with Gasteiger partial charge in [0.1, 0.15) is 5.78 Å². The van der Waals surface area contributed by atoms with E-state index in [0.29, 0.717) is 11.7 Å². The molecule has 1 saturated carbocycles. The summed E-state index contributed by atoms with van der Waals surface area (Å²) in [7, 11) is 0. The molecule has 2 aliphatic rings. The van der Waals surface area contributed by atoms with Crippen molar-refractivity contribution in [3.05, 3.63) is 11.1 Å². The lowest BCUT2D eigenvalue weighted by atomic mass is 9.71. The van der Waals surface area contributed by atoms with Gasteiger partial charge in [-0.1, -0.05) is 18.1 Å². The smallest absolute Gasteiger partial charge is 0.133 e. The number of fused-ring (bicyclic) bond motifs is 1. The molecule has 0 N–H and O–H groups in total. The third-order valence-electron chi connectivity index (χ3n) is 3.83. The molecule has 2 aliphatic carbocycles. The maximum atomic E-state index is 11.3. The van der Waals surface area contributed by atoms with Crippen molar-refractivity contribution in [2.45, 2.75) is 46.0 Å². The van der Waals surface area contributed by atoms with Gasteiger partial charge in [0.2, 0.25) is 0 Å². The predicted octanol–water partition coefficient (Wildman–Crippen LogP) is 3.10. The Hall–Kier alpha value is -0.590. The fourth-order valence-corrected chi connectivity index (χ4v) is 2.76. The van der Waals surface area contributed by atoms with Crippen molar-refractivity contribution in [2.75, 3.05) is 0 Å². The van der Waals surface area contributed by atoms with Gasteiger partial charge in [-0.25, -0.2) is 0 Å². The third kappa shape index (κ3) is 1.56. The molecule has 0 aliphatic heterocycles. The summed E-state index contributed by atoms with van der Waals surface area (Å²) in [6.45, 7) is 4.58. The summed E-state index contributed by atoms with van der Waals surface area (Å²) in [5.74, 6) is 1.87. The molecule has 0 aromatic rings. The van der Waals surface area contributed by atoms with Crippen molar-refractivity contribution in [3.63, 3.8) is 0 Å². The topological polar surface area (TPSA) is 17.1 Å². The molecule has 1 heteroatoms. The molecule has 72 valence electrons. The van der Waals surface area contributed by atoms with Crippen LogP contribution in [0.15, 0.2) is 11.1 Å². The summed E-state index contributed by atoms with van der Waals surface area (Å²) in [4.78, 5) is 11.3. The summed E-state index contributed by atoms with van der Waals surface area (Å²) in [5, 5.41) is 0. The van der Waals surface area contributed by atoms with Crippen molar-refractivity contribution in [1.29, 1.82) is 0 Å². The number of ketones is 1. The van der Waals surface area contributed by atoms with Gasteiger partial charge < -0.3 is 0 Å². The SMILES string of the molecule is CC1=C2CCC(=O)C[C@H]2CC[C@@H]1C. The van der Waals surface area contributed by atoms with Crippen LogP contribution in [0.2, 0.25) is 0 Å². The number of carbonyl (C=O) groups is 1. The molecule has 1 fully saturated rings. The highest BCUT2D eigenvalue weighted by Gasteiger charge is 2.30. The zero-order valence-electron chi connectivity index (χ0n) is 8.60. The largest absolute Gasteiger partial charge is 0.300 e. The fourth-order valence-electron chi connectivity index (χ4n) is 2.76. The average Bonchev–Trinajstić information content (AvgIpc) is 2.12. The molecule has 0 unspecified atom stereocenters. The van der Waals surface area contributed by atoms with E-state index >= 15 is 0 Å². The molecule has 13 heavy (non-hydrogen) atoms. The van der Waals surface area contributed by atoms with Crippen LogP contribution in [0.5, 0.6) is 0 Å². The monoisotopic (exact) mass is 178 g/mol. The lowest BCUT2D eigenvalue weighted by Crippen LogP contribution is -2.24. The summed E-state index contributed by atoms with van der Waals surface area (Å²) in [6, 6.07) is 0. The summed E-state index contributed by atoms with van der Waals surface area (Å²) >= 11 is 0. The molecule has 0 radical (unpaired) electrons. The zero-order valence-corrected chi connectivity index (χ0v) is 8.60. The van der Waals surface area contributed by atoms with Crippen LogP contribution < -0.4 is 0 Å². The van der Waals surface area contributed by atoms with Gasteiger partial charge in [0.05, 0.1) is 0 Å². The Bertz CT molecular complexity index is 262. The number of hydrogen-bond donors (Lipinski definition) is 0. The Morgan fingerprint density at radius 1 is 1.23 bits per heavy atom. The highest BCUT2D eigenvalue weighted by Crippen LogP contribution is 2.40. The number of hydrogen-bond acceptors (Lipinski definition) is 1. The normalized spacial score (nSPS) is 34.8. The van der Waals surface area contributed by atoms with Crippen molar-refractivity contribution >= 4 is 5.78 Å². The Kier molecular flexibility index (Phi) is 2.27. The third-order valence-corrected chi connectivity index (χ3v) is 3.83. The van der Waals surface area contributed by atoms with E-state index in [4.69, 9.17) is 0 Å². The second kappa shape index (κ2) is 3.28. The van der Waals surface area contributed by atoms with Crippen LogP contribution in [0.1, 0.15) is 46.0 Å². The molecular formula is C12H18O. The highest BCUT2D eigenvalue weighted by molar-refractivity contribution is 5.80. The minimum Gasteiger partial charge on any atom is -0.300 e. The average molecular weight is 178 g/mol. The van der Waals surface area contributed by atoms with Crippen molar-refractivity contribution in [2.24, 2.45) is 11.8 Å². The first-order chi connectivity index (χ1) is 6.18. The number of Topliss-reactive ketones (excluding diaryl/α,β-unsaturated/α-hetero) is 1. The van der Waals surface area contributed by atoms with Crippen LogP contribution >= 0.6 is 0 Å². The van der Waals surface area contributed by atoms with Crippen molar-refractivity contribution in [3.8, 4) is 0 Å². The van der Waals surface area contributed by atoms with Gasteiger partial charge in [0, 0.05) is 12.8 Å². The maximum absolute atomic E-state index is 11.3. The molecule has 2 atom stereocenters. The van der Waals surface area contributed by atoms with Crippen LogP contribution in [0.3, 0.4) is 0 Å². The van der Waals surface area contributed by atoms with Gasteiger partial charge in [-0.05, 0) is 38.0 Å². The van der Waals surface area contributed by atoms with Gasteiger partial charge in [-0.2, -0.15) is 0 Å². The summed E-state index contributed by atoms with van der Waals surface area (Å²) in [5.41, 5.74) is 3.21. The van der Waals surface area contributed by atoms with Crippen molar-refractivity contribution < 1.29 is 4.79 Å². The van der Waals surface area contributed by atoms with Gasteiger partial charge in [0.15, 0.2) is 0 Å². The maximum Gasteiger partial charge on any atom is 0.133 e. The van der Waals surface area contributed by atoms with E-state index in [-0.39, 0.29) is 0 Å². The van der Waals surface area contributed by atoms with E-state index in [1.54, 1.807) is 11.1 Å². The molecule has 0 heterocycles. The number of allylic oxidation sites excluding steroid dienone is 2. The van der Waals surface area contributed by atoms with Gasteiger partial charge in [-0.3, -0.25) is 4.79 Å². The van der Waals surface area contributed by atoms with Crippen LogP contribution in [-0.4, -0.2) is 5.78 Å². The first-order valence-electron chi connectivity index (χ1n) is 5.39. The minimum absolute atomic E-state index is 0.483. The lowest BCUT2D eigenvalue weighted by molar-refractivity contribution is -0.120. The Balaban J connectivity index is 2.24. The van der Waals surface area contributed by atoms with Gasteiger partial charge in [-0.15, -0.1) is 0 Å². The highest BCUT2D eigenvalue weighted by atomic mass is 16.1. The van der Waals surface area contributed by atoms with Crippen LogP contribution in [0, 0.1) is 11.8 Å².